The van der Waals surface area contributed by atoms with Crippen LogP contribution in [0.25, 0.3) is 11.1 Å². The Bertz CT molecular complexity index is 602. The van der Waals surface area contributed by atoms with E-state index in [-0.39, 0.29) is 0 Å². The summed E-state index contributed by atoms with van der Waals surface area (Å²) < 4.78 is 0.907. The highest BCUT2D eigenvalue weighted by atomic mass is 35.5. The van der Waals surface area contributed by atoms with Crippen LogP contribution in [0, 0.1) is 20.8 Å². The van der Waals surface area contributed by atoms with Gasteiger partial charge in [0.25, 0.3) is 0 Å². The second kappa shape index (κ2) is 5.08. The molecule has 0 radical (unpaired) electrons. The minimum absolute atomic E-state index is 0.907. The Balaban J connectivity index is 2.15. The monoisotopic (exact) mass is 308 g/mol. The summed E-state index contributed by atoms with van der Waals surface area (Å²) in [6, 6.07) is 4.50. The van der Waals surface area contributed by atoms with Crippen molar-refractivity contribution in [1.29, 1.82) is 0 Å². The lowest BCUT2D eigenvalue weighted by molar-refractivity contribution is 0.941. The third-order valence-electron chi connectivity index (χ3n) is 3.80. The number of rotatable bonds is 2. The summed E-state index contributed by atoms with van der Waals surface area (Å²) in [5, 5.41) is 0. The topological polar surface area (TPSA) is 0 Å². The number of allylic oxidation sites excluding steroid dienone is 2. The van der Waals surface area contributed by atoms with Crippen molar-refractivity contribution < 1.29 is 0 Å². The van der Waals surface area contributed by atoms with Gasteiger partial charge in [-0.1, -0.05) is 11.6 Å². The van der Waals surface area contributed by atoms with Crippen molar-refractivity contribution in [3.63, 3.8) is 0 Å². The standard InChI is InChI=1S/C16H17ClS2/c1-9-7-14(10(2)18-9)12-5-4-6-13(12)15-8-16(17)19-11(15)3/h7-8H,4-6H2,1-3H3. The Kier molecular flexibility index (Phi) is 3.59. The molecule has 0 spiro atoms. The van der Waals surface area contributed by atoms with Gasteiger partial charge in [0.2, 0.25) is 0 Å². The zero-order valence-corrected chi connectivity index (χ0v) is 13.9. The van der Waals surface area contributed by atoms with E-state index >= 15 is 0 Å². The Labute approximate surface area is 127 Å². The van der Waals surface area contributed by atoms with Crippen molar-refractivity contribution in [3.05, 3.63) is 42.2 Å². The van der Waals surface area contributed by atoms with E-state index in [9.17, 15) is 0 Å². The van der Waals surface area contributed by atoms with Crippen LogP contribution in [0.5, 0.6) is 0 Å². The summed E-state index contributed by atoms with van der Waals surface area (Å²) in [6.45, 7) is 6.62. The lowest BCUT2D eigenvalue weighted by atomic mass is 9.98. The molecule has 2 heterocycles. The van der Waals surface area contributed by atoms with Gasteiger partial charge in [-0.15, -0.1) is 22.7 Å². The fourth-order valence-corrected chi connectivity index (χ4v) is 5.18. The maximum atomic E-state index is 6.17. The zero-order valence-electron chi connectivity index (χ0n) is 11.5. The van der Waals surface area contributed by atoms with Crippen LogP contribution in [0.15, 0.2) is 12.1 Å². The molecular formula is C16H17ClS2. The van der Waals surface area contributed by atoms with E-state index in [1.165, 1.54) is 50.6 Å². The molecule has 0 aliphatic heterocycles. The minimum Gasteiger partial charge on any atom is -0.145 e. The molecule has 0 unspecified atom stereocenters. The lowest BCUT2D eigenvalue weighted by Crippen LogP contribution is -1.86. The molecule has 0 atom stereocenters. The van der Waals surface area contributed by atoms with Gasteiger partial charge in [-0.2, -0.15) is 0 Å². The molecule has 100 valence electrons. The van der Waals surface area contributed by atoms with E-state index in [0.29, 0.717) is 0 Å². The van der Waals surface area contributed by atoms with Crippen LogP contribution in [-0.2, 0) is 0 Å². The van der Waals surface area contributed by atoms with Gasteiger partial charge in [0.05, 0.1) is 4.34 Å². The summed E-state index contributed by atoms with van der Waals surface area (Å²) in [6.07, 6.45) is 3.67. The van der Waals surface area contributed by atoms with E-state index in [1.54, 1.807) is 16.9 Å². The highest BCUT2D eigenvalue weighted by Crippen LogP contribution is 2.45. The van der Waals surface area contributed by atoms with Crippen molar-refractivity contribution >= 4 is 45.4 Å². The zero-order chi connectivity index (χ0) is 13.6. The minimum atomic E-state index is 0.907. The first-order chi connectivity index (χ1) is 9.06. The molecule has 19 heavy (non-hydrogen) atoms. The maximum Gasteiger partial charge on any atom is 0.0937 e. The molecular weight excluding hydrogens is 292 g/mol. The number of hydrogen-bond acceptors (Lipinski definition) is 2. The number of hydrogen-bond donors (Lipinski definition) is 0. The molecule has 0 bridgehead atoms. The van der Waals surface area contributed by atoms with E-state index < -0.39 is 0 Å². The highest BCUT2D eigenvalue weighted by Gasteiger charge is 2.22. The average molecular weight is 309 g/mol. The van der Waals surface area contributed by atoms with E-state index in [1.807, 2.05) is 11.3 Å². The van der Waals surface area contributed by atoms with Crippen LogP contribution in [0.3, 0.4) is 0 Å². The van der Waals surface area contributed by atoms with Gasteiger partial charge >= 0.3 is 0 Å². The second-order valence-electron chi connectivity index (χ2n) is 5.16. The normalized spacial score (nSPS) is 15.6. The van der Waals surface area contributed by atoms with Crippen LogP contribution in [0.1, 0.15) is 45.0 Å². The average Bonchev–Trinajstić information content (AvgIpc) is 2.98. The molecule has 0 saturated carbocycles. The molecule has 3 rings (SSSR count). The van der Waals surface area contributed by atoms with Crippen molar-refractivity contribution in [2.45, 2.75) is 40.0 Å². The first-order valence-electron chi connectivity index (χ1n) is 6.62. The predicted molar refractivity (Wildman–Crippen MR) is 88.5 cm³/mol. The molecule has 1 aliphatic carbocycles. The van der Waals surface area contributed by atoms with E-state index in [0.717, 1.165) is 4.34 Å². The highest BCUT2D eigenvalue weighted by molar-refractivity contribution is 7.16. The van der Waals surface area contributed by atoms with Crippen molar-refractivity contribution in [2.24, 2.45) is 0 Å². The van der Waals surface area contributed by atoms with Gasteiger partial charge in [-0.05, 0) is 74.4 Å². The fraction of sp³-hybridized carbons (Fsp3) is 0.375. The largest absolute Gasteiger partial charge is 0.145 e. The van der Waals surface area contributed by atoms with Gasteiger partial charge in [0.1, 0.15) is 0 Å². The third-order valence-corrected chi connectivity index (χ3v) is 5.94. The van der Waals surface area contributed by atoms with Crippen LogP contribution < -0.4 is 0 Å². The summed E-state index contributed by atoms with van der Waals surface area (Å²) >= 11 is 9.77. The smallest absolute Gasteiger partial charge is 0.0937 e. The molecule has 0 saturated heterocycles. The van der Waals surface area contributed by atoms with Crippen molar-refractivity contribution in [1.82, 2.24) is 0 Å². The van der Waals surface area contributed by atoms with Gasteiger partial charge in [0, 0.05) is 14.6 Å². The van der Waals surface area contributed by atoms with Gasteiger partial charge < -0.3 is 0 Å². The van der Waals surface area contributed by atoms with Crippen molar-refractivity contribution in [3.8, 4) is 0 Å². The lowest BCUT2D eigenvalue weighted by Gasteiger charge is -2.07. The first kappa shape index (κ1) is 13.4. The first-order valence-corrected chi connectivity index (χ1v) is 8.63. The Morgan fingerprint density at radius 1 is 0.895 bits per heavy atom. The summed E-state index contributed by atoms with van der Waals surface area (Å²) in [4.78, 5) is 4.21. The number of halogens is 1. The van der Waals surface area contributed by atoms with Crippen LogP contribution in [0.4, 0.5) is 0 Å². The molecule has 1 aliphatic rings. The summed E-state index contributed by atoms with van der Waals surface area (Å²) in [5.74, 6) is 0. The number of thiophene rings is 2. The van der Waals surface area contributed by atoms with Gasteiger partial charge in [-0.25, -0.2) is 0 Å². The Morgan fingerprint density at radius 3 is 1.95 bits per heavy atom. The van der Waals surface area contributed by atoms with Crippen LogP contribution >= 0.6 is 34.3 Å². The molecule has 0 aromatic carbocycles. The number of aryl methyl sites for hydroxylation is 3. The van der Waals surface area contributed by atoms with E-state index in [4.69, 9.17) is 11.6 Å². The summed E-state index contributed by atoms with van der Waals surface area (Å²) in [7, 11) is 0. The van der Waals surface area contributed by atoms with Gasteiger partial charge in [-0.3, -0.25) is 0 Å². The fourth-order valence-electron chi connectivity index (χ4n) is 3.01. The molecule has 2 aromatic rings. The van der Waals surface area contributed by atoms with Crippen LogP contribution in [-0.4, -0.2) is 0 Å². The molecule has 0 nitrogen and oxygen atoms in total. The molecule has 3 heteroatoms. The molecule has 0 amide bonds. The molecule has 2 aromatic heterocycles. The predicted octanol–water partition coefficient (Wildman–Crippen LogP) is 6.48. The second-order valence-corrected chi connectivity index (χ2v) is 8.51. The molecule has 0 fully saturated rings. The van der Waals surface area contributed by atoms with Gasteiger partial charge in [0.15, 0.2) is 0 Å². The third kappa shape index (κ3) is 2.42. The molecule has 0 N–H and O–H groups in total. The summed E-state index contributed by atoms with van der Waals surface area (Å²) in [5.41, 5.74) is 5.93. The Morgan fingerprint density at radius 2 is 1.47 bits per heavy atom. The van der Waals surface area contributed by atoms with Crippen LogP contribution in [0.2, 0.25) is 4.34 Å². The van der Waals surface area contributed by atoms with E-state index in [2.05, 4.69) is 32.9 Å². The maximum absolute atomic E-state index is 6.17. The SMILES string of the molecule is Cc1cc(C2=C(c3cc(Cl)sc3C)CCC2)c(C)s1. The van der Waals surface area contributed by atoms with Crippen molar-refractivity contribution in [2.75, 3.05) is 0 Å². The Hall–Kier alpha value is -0.570. The quantitative estimate of drug-likeness (QED) is 0.595.